The molecule has 1 aliphatic carbocycles. The second-order valence-electron chi connectivity index (χ2n) is 5.21. The molecule has 0 spiro atoms. The van der Waals surface area contributed by atoms with Crippen LogP contribution in [0.25, 0.3) is 0 Å². The van der Waals surface area contributed by atoms with Gasteiger partial charge in [-0.05, 0) is 31.4 Å². The molecule has 0 bridgehead atoms. The first-order chi connectivity index (χ1) is 9.58. The average Bonchev–Trinajstić information content (AvgIpc) is 3.18. The van der Waals surface area contributed by atoms with E-state index in [0.717, 1.165) is 6.42 Å². The van der Waals surface area contributed by atoms with Crippen molar-refractivity contribution in [1.82, 2.24) is 5.32 Å². The molecule has 2 rings (SSSR count). The number of aliphatic hydroxyl groups excluding tert-OH is 1. The van der Waals surface area contributed by atoms with Crippen LogP contribution >= 0.6 is 0 Å². The molecule has 2 N–H and O–H groups in total. The maximum Gasteiger partial charge on any atom is 0.223 e. The first-order valence-electron chi connectivity index (χ1n) is 6.93. The van der Waals surface area contributed by atoms with Gasteiger partial charge in [-0.2, -0.15) is 0 Å². The number of carbonyl (C=O) groups excluding carboxylic acids is 1. The van der Waals surface area contributed by atoms with Crippen LogP contribution in [0.15, 0.2) is 18.2 Å². The van der Waals surface area contributed by atoms with Crippen LogP contribution in [0.3, 0.4) is 0 Å². The molecule has 0 saturated heterocycles. The van der Waals surface area contributed by atoms with Gasteiger partial charge < -0.3 is 10.4 Å². The number of hydrogen-bond acceptors (Lipinski definition) is 2. The monoisotopic (exact) mass is 283 g/mol. The summed E-state index contributed by atoms with van der Waals surface area (Å²) in [6, 6.07) is 3.66. The minimum absolute atomic E-state index is 0.00875. The molecule has 110 valence electrons. The van der Waals surface area contributed by atoms with E-state index in [0.29, 0.717) is 12.8 Å². The smallest absolute Gasteiger partial charge is 0.223 e. The van der Waals surface area contributed by atoms with Gasteiger partial charge >= 0.3 is 0 Å². The van der Waals surface area contributed by atoms with Crippen molar-refractivity contribution in [2.75, 3.05) is 6.61 Å². The van der Waals surface area contributed by atoms with Gasteiger partial charge in [0, 0.05) is 30.0 Å². The summed E-state index contributed by atoms with van der Waals surface area (Å²) in [4.78, 5) is 12.0. The summed E-state index contributed by atoms with van der Waals surface area (Å²) in [6.45, 7) is 1.93. The van der Waals surface area contributed by atoms with E-state index >= 15 is 0 Å². The van der Waals surface area contributed by atoms with Crippen molar-refractivity contribution in [2.45, 2.75) is 38.1 Å². The highest BCUT2D eigenvalue weighted by Crippen LogP contribution is 2.49. The van der Waals surface area contributed by atoms with Crippen LogP contribution < -0.4 is 5.32 Å². The van der Waals surface area contributed by atoms with E-state index in [9.17, 15) is 13.6 Å². The Morgan fingerprint density at radius 1 is 1.45 bits per heavy atom. The molecule has 1 amide bonds. The van der Waals surface area contributed by atoms with Crippen molar-refractivity contribution in [2.24, 2.45) is 5.92 Å². The Morgan fingerprint density at radius 3 is 2.65 bits per heavy atom. The fourth-order valence-electron chi connectivity index (χ4n) is 2.51. The number of aliphatic hydroxyl groups is 1. The number of rotatable bonds is 6. The zero-order chi connectivity index (χ0) is 14.7. The molecular formula is C15H19F2NO2. The van der Waals surface area contributed by atoms with Crippen LogP contribution in [0.1, 0.15) is 37.7 Å². The van der Waals surface area contributed by atoms with Crippen molar-refractivity contribution in [3.05, 3.63) is 35.4 Å². The lowest BCUT2D eigenvalue weighted by atomic mass is 10.1. The molecule has 0 aliphatic heterocycles. The predicted molar refractivity (Wildman–Crippen MR) is 71.1 cm³/mol. The van der Waals surface area contributed by atoms with Crippen LogP contribution in [0.2, 0.25) is 0 Å². The van der Waals surface area contributed by atoms with E-state index in [1.807, 2.05) is 6.92 Å². The molecule has 3 unspecified atom stereocenters. The van der Waals surface area contributed by atoms with Crippen molar-refractivity contribution < 1.29 is 18.7 Å². The van der Waals surface area contributed by atoms with Gasteiger partial charge in [0.25, 0.3) is 0 Å². The van der Waals surface area contributed by atoms with Crippen molar-refractivity contribution in [3.63, 3.8) is 0 Å². The third-order valence-electron chi connectivity index (χ3n) is 3.81. The Balaban J connectivity index is 1.99. The summed E-state index contributed by atoms with van der Waals surface area (Å²) < 4.78 is 27.2. The van der Waals surface area contributed by atoms with Gasteiger partial charge in [0.15, 0.2) is 0 Å². The molecule has 5 heteroatoms. The summed E-state index contributed by atoms with van der Waals surface area (Å²) in [7, 11) is 0. The summed E-state index contributed by atoms with van der Waals surface area (Å²) in [5.74, 6) is -2.10. The van der Waals surface area contributed by atoms with E-state index < -0.39 is 11.6 Å². The summed E-state index contributed by atoms with van der Waals surface area (Å²) in [6.07, 6.45) is 1.69. The van der Waals surface area contributed by atoms with Crippen LogP contribution in [0.5, 0.6) is 0 Å². The van der Waals surface area contributed by atoms with Crippen LogP contribution in [-0.4, -0.2) is 23.7 Å². The number of benzene rings is 1. The number of amides is 1. The summed E-state index contributed by atoms with van der Waals surface area (Å²) in [5, 5.41) is 11.7. The van der Waals surface area contributed by atoms with Crippen LogP contribution in [0.4, 0.5) is 8.78 Å². The lowest BCUT2D eigenvalue weighted by Crippen LogP contribution is -2.36. The normalized spacial score (nSPS) is 22.4. The summed E-state index contributed by atoms with van der Waals surface area (Å²) in [5.41, 5.74) is 0.0165. The number of carbonyl (C=O) groups is 1. The fraction of sp³-hybridized carbons (Fsp3) is 0.533. The molecule has 3 atom stereocenters. The minimum Gasteiger partial charge on any atom is -0.396 e. The van der Waals surface area contributed by atoms with Gasteiger partial charge in [-0.15, -0.1) is 0 Å². The minimum atomic E-state index is -0.590. The number of halogens is 2. The van der Waals surface area contributed by atoms with Crippen LogP contribution in [0, 0.1) is 17.6 Å². The van der Waals surface area contributed by atoms with Crippen molar-refractivity contribution in [3.8, 4) is 0 Å². The van der Waals surface area contributed by atoms with Gasteiger partial charge in [0.1, 0.15) is 11.6 Å². The molecule has 3 nitrogen and oxygen atoms in total. The van der Waals surface area contributed by atoms with E-state index in [4.69, 9.17) is 5.11 Å². The van der Waals surface area contributed by atoms with Gasteiger partial charge in [-0.3, -0.25) is 4.79 Å². The highest BCUT2D eigenvalue weighted by Gasteiger charge is 2.46. The maximum atomic E-state index is 13.6. The van der Waals surface area contributed by atoms with E-state index in [2.05, 4.69) is 5.32 Å². The zero-order valence-corrected chi connectivity index (χ0v) is 11.4. The third kappa shape index (κ3) is 3.15. The quantitative estimate of drug-likeness (QED) is 0.842. The van der Waals surface area contributed by atoms with Crippen molar-refractivity contribution >= 4 is 5.91 Å². The fourth-order valence-corrected chi connectivity index (χ4v) is 2.51. The van der Waals surface area contributed by atoms with Gasteiger partial charge in [0.05, 0.1) is 0 Å². The molecule has 1 aliphatic rings. The highest BCUT2D eigenvalue weighted by molar-refractivity contribution is 5.83. The second kappa shape index (κ2) is 6.31. The van der Waals surface area contributed by atoms with Crippen LogP contribution in [-0.2, 0) is 4.79 Å². The largest absolute Gasteiger partial charge is 0.396 e. The standard InChI is InChI=1S/C15H19F2NO2/c1-2-9(6-7-19)18-15(20)11-8-10(11)14-12(16)4-3-5-13(14)17/h3-5,9-11,19H,2,6-8H2,1H3,(H,18,20). The highest BCUT2D eigenvalue weighted by atomic mass is 19.1. The lowest BCUT2D eigenvalue weighted by Gasteiger charge is -2.15. The Labute approximate surface area is 117 Å². The van der Waals surface area contributed by atoms with Gasteiger partial charge in [-0.25, -0.2) is 8.78 Å². The molecular weight excluding hydrogens is 264 g/mol. The molecule has 20 heavy (non-hydrogen) atoms. The predicted octanol–water partition coefficient (Wildman–Crippen LogP) is 2.35. The molecule has 1 aromatic carbocycles. The van der Waals surface area contributed by atoms with Crippen molar-refractivity contribution in [1.29, 1.82) is 0 Å². The number of nitrogens with one attached hydrogen (secondary N) is 1. The Morgan fingerprint density at radius 2 is 2.10 bits per heavy atom. The van der Waals surface area contributed by atoms with E-state index in [-0.39, 0.29) is 36.0 Å². The van der Waals surface area contributed by atoms with E-state index in [1.54, 1.807) is 0 Å². The second-order valence-corrected chi connectivity index (χ2v) is 5.21. The zero-order valence-electron chi connectivity index (χ0n) is 11.4. The summed E-state index contributed by atoms with van der Waals surface area (Å²) >= 11 is 0. The molecule has 0 radical (unpaired) electrons. The number of hydrogen-bond donors (Lipinski definition) is 2. The van der Waals surface area contributed by atoms with Gasteiger partial charge in [0.2, 0.25) is 5.91 Å². The molecule has 1 saturated carbocycles. The Kier molecular flexibility index (Phi) is 4.70. The Bertz CT molecular complexity index is 473. The Hall–Kier alpha value is -1.49. The molecule has 1 fully saturated rings. The van der Waals surface area contributed by atoms with Gasteiger partial charge in [-0.1, -0.05) is 13.0 Å². The topological polar surface area (TPSA) is 49.3 Å². The lowest BCUT2D eigenvalue weighted by molar-refractivity contribution is -0.123. The average molecular weight is 283 g/mol. The first-order valence-corrected chi connectivity index (χ1v) is 6.93. The first kappa shape index (κ1) is 14.9. The van der Waals surface area contributed by atoms with E-state index in [1.165, 1.54) is 18.2 Å². The molecule has 0 heterocycles. The SMILES string of the molecule is CCC(CCO)NC(=O)C1CC1c1c(F)cccc1F. The third-order valence-corrected chi connectivity index (χ3v) is 3.81. The molecule has 1 aromatic rings. The molecule has 0 aromatic heterocycles. The maximum absolute atomic E-state index is 13.6.